The van der Waals surface area contributed by atoms with Crippen molar-refractivity contribution in [3.63, 3.8) is 0 Å². The van der Waals surface area contributed by atoms with Crippen molar-refractivity contribution in [2.24, 2.45) is 5.92 Å². The molecule has 0 saturated carbocycles. The average Bonchev–Trinajstić information content (AvgIpc) is 2.49. The van der Waals surface area contributed by atoms with Crippen molar-refractivity contribution in [3.05, 3.63) is 65.2 Å². The summed E-state index contributed by atoms with van der Waals surface area (Å²) in [5.41, 5.74) is 2.85. The van der Waals surface area contributed by atoms with E-state index in [0.29, 0.717) is 12.2 Å². The Labute approximate surface area is 125 Å². The molecule has 0 spiro atoms. The molecule has 0 aliphatic heterocycles. The van der Waals surface area contributed by atoms with Gasteiger partial charge in [-0.2, -0.15) is 0 Å². The molecule has 0 heterocycles. The van der Waals surface area contributed by atoms with Crippen LogP contribution < -0.4 is 4.74 Å². The summed E-state index contributed by atoms with van der Waals surface area (Å²) in [6, 6.07) is 15.4. The van der Waals surface area contributed by atoms with Gasteiger partial charge in [0.1, 0.15) is 5.75 Å². The van der Waals surface area contributed by atoms with Crippen LogP contribution in [0.15, 0.2) is 48.5 Å². The molecule has 0 aliphatic rings. The van der Waals surface area contributed by atoms with Gasteiger partial charge in [0.25, 0.3) is 0 Å². The molecule has 3 nitrogen and oxygen atoms in total. The Morgan fingerprint density at radius 2 is 1.81 bits per heavy atom. The van der Waals surface area contributed by atoms with Crippen LogP contribution in [-0.2, 0) is 17.8 Å². The summed E-state index contributed by atoms with van der Waals surface area (Å²) in [4.78, 5) is 11.8. The van der Waals surface area contributed by atoms with Crippen molar-refractivity contribution >= 4 is 5.97 Å². The summed E-state index contributed by atoms with van der Waals surface area (Å²) in [5, 5.41) is 9.28. The number of carbonyl (C=O) groups is 1. The molecule has 0 unspecified atom stereocenters. The predicted molar refractivity (Wildman–Crippen MR) is 82.1 cm³/mol. The maximum absolute atomic E-state index is 11.8. The summed E-state index contributed by atoms with van der Waals surface area (Å²) < 4.78 is 5.46. The van der Waals surface area contributed by atoms with Crippen molar-refractivity contribution < 1.29 is 14.6 Å². The largest absolute Gasteiger partial charge is 0.426 e. The SMILES string of the molecule is CC(C)C(=O)Oc1ccc(CO)cc1Cc1ccccc1. The van der Waals surface area contributed by atoms with E-state index in [-0.39, 0.29) is 18.5 Å². The molecule has 110 valence electrons. The van der Waals surface area contributed by atoms with Crippen LogP contribution in [0.2, 0.25) is 0 Å². The third kappa shape index (κ3) is 4.17. The van der Waals surface area contributed by atoms with Crippen LogP contribution in [0.4, 0.5) is 0 Å². The second-order valence-corrected chi connectivity index (χ2v) is 5.34. The minimum Gasteiger partial charge on any atom is -0.426 e. The number of benzene rings is 2. The molecule has 0 fully saturated rings. The molecule has 2 rings (SSSR count). The van der Waals surface area contributed by atoms with Gasteiger partial charge in [0, 0.05) is 6.42 Å². The zero-order valence-electron chi connectivity index (χ0n) is 12.4. The lowest BCUT2D eigenvalue weighted by molar-refractivity contribution is -0.137. The first-order chi connectivity index (χ1) is 10.1. The molecule has 0 saturated heterocycles. The third-order valence-electron chi connectivity index (χ3n) is 3.23. The highest BCUT2D eigenvalue weighted by Gasteiger charge is 2.13. The van der Waals surface area contributed by atoms with E-state index in [2.05, 4.69) is 0 Å². The van der Waals surface area contributed by atoms with Crippen LogP contribution in [0, 0.1) is 5.92 Å². The van der Waals surface area contributed by atoms with Gasteiger partial charge in [-0.05, 0) is 28.8 Å². The number of hydrogen-bond acceptors (Lipinski definition) is 3. The van der Waals surface area contributed by atoms with Gasteiger partial charge in [0.05, 0.1) is 12.5 Å². The molecule has 0 bridgehead atoms. The summed E-state index contributed by atoms with van der Waals surface area (Å²) >= 11 is 0. The van der Waals surface area contributed by atoms with Gasteiger partial charge < -0.3 is 9.84 Å². The minimum atomic E-state index is -0.249. The highest BCUT2D eigenvalue weighted by molar-refractivity contribution is 5.74. The normalized spacial score (nSPS) is 10.7. The minimum absolute atomic E-state index is 0.0276. The van der Waals surface area contributed by atoms with E-state index in [1.54, 1.807) is 26.0 Å². The van der Waals surface area contributed by atoms with E-state index >= 15 is 0 Å². The molecular weight excluding hydrogens is 264 g/mol. The van der Waals surface area contributed by atoms with Crippen LogP contribution in [0.1, 0.15) is 30.5 Å². The number of hydrogen-bond donors (Lipinski definition) is 1. The number of aliphatic hydroxyl groups excluding tert-OH is 1. The Hall–Kier alpha value is -2.13. The second-order valence-electron chi connectivity index (χ2n) is 5.34. The number of aliphatic hydroxyl groups is 1. The van der Waals surface area contributed by atoms with Crippen molar-refractivity contribution in [3.8, 4) is 5.75 Å². The topological polar surface area (TPSA) is 46.5 Å². The maximum Gasteiger partial charge on any atom is 0.313 e. The Morgan fingerprint density at radius 3 is 2.43 bits per heavy atom. The van der Waals surface area contributed by atoms with Crippen molar-refractivity contribution in [2.75, 3.05) is 0 Å². The first-order valence-corrected chi connectivity index (χ1v) is 7.08. The molecule has 0 amide bonds. The van der Waals surface area contributed by atoms with Crippen molar-refractivity contribution in [1.29, 1.82) is 0 Å². The standard InChI is InChI=1S/C18H20O3/c1-13(2)18(20)21-17-9-8-15(12-19)11-16(17)10-14-6-4-3-5-7-14/h3-9,11,13,19H,10,12H2,1-2H3. The summed E-state index contributed by atoms with van der Waals surface area (Å²) in [5.74, 6) is 0.142. The summed E-state index contributed by atoms with van der Waals surface area (Å²) in [7, 11) is 0. The fourth-order valence-corrected chi connectivity index (χ4v) is 2.01. The smallest absolute Gasteiger partial charge is 0.313 e. The van der Waals surface area contributed by atoms with Crippen LogP contribution in [0.25, 0.3) is 0 Å². The quantitative estimate of drug-likeness (QED) is 0.676. The highest BCUT2D eigenvalue weighted by atomic mass is 16.5. The molecule has 1 N–H and O–H groups in total. The van der Waals surface area contributed by atoms with E-state index < -0.39 is 0 Å². The van der Waals surface area contributed by atoms with Crippen molar-refractivity contribution in [2.45, 2.75) is 26.9 Å². The van der Waals surface area contributed by atoms with E-state index in [4.69, 9.17) is 4.74 Å². The van der Waals surface area contributed by atoms with E-state index in [1.165, 1.54) is 0 Å². The lowest BCUT2D eigenvalue weighted by atomic mass is 10.0. The number of ether oxygens (including phenoxy) is 1. The fraction of sp³-hybridized carbons (Fsp3) is 0.278. The Kier molecular flexibility index (Phi) is 5.12. The van der Waals surface area contributed by atoms with E-state index in [0.717, 1.165) is 16.7 Å². The lowest BCUT2D eigenvalue weighted by Gasteiger charge is -2.13. The molecule has 0 aliphatic carbocycles. The molecular formula is C18H20O3. The molecule has 21 heavy (non-hydrogen) atoms. The zero-order valence-corrected chi connectivity index (χ0v) is 12.4. The van der Waals surface area contributed by atoms with Gasteiger partial charge in [0.2, 0.25) is 0 Å². The highest BCUT2D eigenvalue weighted by Crippen LogP contribution is 2.24. The van der Waals surface area contributed by atoms with Crippen LogP contribution >= 0.6 is 0 Å². The molecule has 2 aromatic rings. The maximum atomic E-state index is 11.8. The number of carbonyl (C=O) groups excluding carboxylic acids is 1. The first kappa shape index (κ1) is 15.3. The Bertz CT molecular complexity index is 603. The number of esters is 1. The van der Waals surface area contributed by atoms with Gasteiger partial charge in [0.15, 0.2) is 0 Å². The molecule has 2 aromatic carbocycles. The fourth-order valence-electron chi connectivity index (χ4n) is 2.01. The molecule has 3 heteroatoms. The summed E-state index contributed by atoms with van der Waals surface area (Å²) in [6.07, 6.45) is 0.662. The van der Waals surface area contributed by atoms with E-state index in [1.807, 2.05) is 36.4 Å². The summed E-state index contributed by atoms with van der Waals surface area (Å²) in [6.45, 7) is 3.59. The van der Waals surface area contributed by atoms with Crippen LogP contribution in [0.3, 0.4) is 0 Å². The van der Waals surface area contributed by atoms with Crippen LogP contribution in [-0.4, -0.2) is 11.1 Å². The monoisotopic (exact) mass is 284 g/mol. The van der Waals surface area contributed by atoms with Gasteiger partial charge in [-0.1, -0.05) is 50.2 Å². The average molecular weight is 284 g/mol. The zero-order chi connectivity index (χ0) is 15.2. The van der Waals surface area contributed by atoms with Gasteiger partial charge in [-0.3, -0.25) is 4.79 Å². The Morgan fingerprint density at radius 1 is 1.10 bits per heavy atom. The second kappa shape index (κ2) is 7.04. The van der Waals surface area contributed by atoms with Gasteiger partial charge >= 0.3 is 5.97 Å². The third-order valence-corrected chi connectivity index (χ3v) is 3.23. The van der Waals surface area contributed by atoms with Gasteiger partial charge in [-0.15, -0.1) is 0 Å². The molecule has 0 aromatic heterocycles. The van der Waals surface area contributed by atoms with Gasteiger partial charge in [-0.25, -0.2) is 0 Å². The first-order valence-electron chi connectivity index (χ1n) is 7.08. The predicted octanol–water partition coefficient (Wildman–Crippen LogP) is 3.33. The molecule has 0 radical (unpaired) electrons. The lowest BCUT2D eigenvalue weighted by Crippen LogP contribution is -2.15. The number of rotatable bonds is 5. The molecule has 0 atom stereocenters. The van der Waals surface area contributed by atoms with Crippen LogP contribution in [0.5, 0.6) is 5.75 Å². The van der Waals surface area contributed by atoms with E-state index in [9.17, 15) is 9.90 Å². The Balaban J connectivity index is 2.29. The van der Waals surface area contributed by atoms with Crippen molar-refractivity contribution in [1.82, 2.24) is 0 Å².